The van der Waals surface area contributed by atoms with Crippen LogP contribution in [0.3, 0.4) is 0 Å². The zero-order chi connectivity index (χ0) is 19.2. The van der Waals surface area contributed by atoms with Gasteiger partial charge in [0.25, 0.3) is 5.91 Å². The van der Waals surface area contributed by atoms with Gasteiger partial charge in [0, 0.05) is 21.7 Å². The smallest absolute Gasteiger partial charge is 0.255 e. The van der Waals surface area contributed by atoms with Crippen molar-refractivity contribution in [3.8, 4) is 0 Å². The van der Waals surface area contributed by atoms with E-state index in [0.717, 1.165) is 27.3 Å². The highest BCUT2D eigenvalue weighted by molar-refractivity contribution is 8.00. The van der Waals surface area contributed by atoms with Gasteiger partial charge in [-0.05, 0) is 50.2 Å². The fraction of sp³-hybridized carbons (Fsp3) is 0.130. The van der Waals surface area contributed by atoms with Crippen LogP contribution in [0.25, 0.3) is 0 Å². The Labute approximate surface area is 163 Å². The maximum atomic E-state index is 12.3. The summed E-state index contributed by atoms with van der Waals surface area (Å²) in [6.45, 7) is 3.96. The van der Waals surface area contributed by atoms with Gasteiger partial charge < -0.3 is 5.32 Å². The van der Waals surface area contributed by atoms with Crippen molar-refractivity contribution in [2.24, 2.45) is 0 Å². The Bertz CT molecular complexity index is 947. The first kappa shape index (κ1) is 18.9. The zero-order valence-electron chi connectivity index (χ0n) is 15.4. The van der Waals surface area contributed by atoms with Crippen LogP contribution < -0.4 is 5.32 Å². The van der Waals surface area contributed by atoms with Gasteiger partial charge in [-0.3, -0.25) is 9.59 Å². The molecule has 3 aromatic carbocycles. The Balaban J connectivity index is 1.56. The molecule has 4 heteroatoms. The molecule has 3 rings (SSSR count). The summed E-state index contributed by atoms with van der Waals surface area (Å²) in [6.07, 6.45) is 0. The summed E-state index contributed by atoms with van der Waals surface area (Å²) in [6, 6.07) is 22.6. The number of hydrogen-bond donors (Lipinski definition) is 1. The van der Waals surface area contributed by atoms with E-state index in [-0.39, 0.29) is 11.7 Å². The monoisotopic (exact) mass is 375 g/mol. The van der Waals surface area contributed by atoms with Crippen molar-refractivity contribution in [3.05, 3.63) is 95.1 Å². The molecule has 1 amide bonds. The van der Waals surface area contributed by atoms with E-state index >= 15 is 0 Å². The molecule has 0 aromatic heterocycles. The number of hydrogen-bond acceptors (Lipinski definition) is 3. The molecule has 0 bridgehead atoms. The van der Waals surface area contributed by atoms with Gasteiger partial charge in [0.1, 0.15) is 0 Å². The molecule has 0 saturated heterocycles. The number of amides is 1. The van der Waals surface area contributed by atoms with E-state index in [4.69, 9.17) is 0 Å². The SMILES string of the molecule is Cc1ccc(C(=O)CSc2ccc(NC(=O)c3cccc(C)c3)cc2)cc1. The lowest BCUT2D eigenvalue weighted by molar-refractivity contribution is 0.101. The molecule has 3 aromatic rings. The summed E-state index contributed by atoms with van der Waals surface area (Å²) in [5.74, 6) is 0.364. The Kier molecular flexibility index (Phi) is 6.09. The maximum Gasteiger partial charge on any atom is 0.255 e. The molecule has 0 aliphatic heterocycles. The highest BCUT2D eigenvalue weighted by atomic mass is 32.2. The van der Waals surface area contributed by atoms with Crippen LogP contribution in [0.5, 0.6) is 0 Å². The Morgan fingerprint density at radius 3 is 2.19 bits per heavy atom. The molecule has 3 nitrogen and oxygen atoms in total. The molecule has 0 aliphatic rings. The van der Waals surface area contributed by atoms with Crippen molar-refractivity contribution >= 4 is 29.1 Å². The lowest BCUT2D eigenvalue weighted by atomic mass is 10.1. The molecule has 136 valence electrons. The van der Waals surface area contributed by atoms with E-state index in [2.05, 4.69) is 5.32 Å². The van der Waals surface area contributed by atoms with E-state index in [9.17, 15) is 9.59 Å². The second-order valence-corrected chi connectivity index (χ2v) is 7.47. The molecule has 0 spiro atoms. The number of rotatable bonds is 6. The van der Waals surface area contributed by atoms with Crippen LogP contribution >= 0.6 is 11.8 Å². The lowest BCUT2D eigenvalue weighted by Crippen LogP contribution is -2.11. The quantitative estimate of drug-likeness (QED) is 0.455. The third kappa shape index (κ3) is 5.31. The first-order chi connectivity index (χ1) is 13.0. The standard InChI is InChI=1S/C23H21NO2S/c1-16-6-8-18(9-7-16)22(25)15-27-21-12-10-20(11-13-21)24-23(26)19-5-3-4-17(2)14-19/h3-14H,15H2,1-2H3,(H,24,26). The molecule has 0 atom stereocenters. The van der Waals surface area contributed by atoms with E-state index in [1.807, 2.05) is 80.6 Å². The summed E-state index contributed by atoms with van der Waals surface area (Å²) < 4.78 is 0. The number of Topliss-reactive ketones (excluding diaryl/α,β-unsaturated/α-hetero) is 1. The number of thioether (sulfide) groups is 1. The van der Waals surface area contributed by atoms with Crippen LogP contribution in [0.15, 0.2) is 77.7 Å². The van der Waals surface area contributed by atoms with Gasteiger partial charge in [0.2, 0.25) is 0 Å². The van der Waals surface area contributed by atoms with Gasteiger partial charge >= 0.3 is 0 Å². The average molecular weight is 375 g/mol. The van der Waals surface area contributed by atoms with Crippen molar-refractivity contribution in [1.29, 1.82) is 0 Å². The second kappa shape index (κ2) is 8.69. The second-order valence-electron chi connectivity index (χ2n) is 6.43. The van der Waals surface area contributed by atoms with Crippen LogP contribution in [0.1, 0.15) is 31.8 Å². The summed E-state index contributed by atoms with van der Waals surface area (Å²) in [5, 5.41) is 2.89. The molecule has 0 heterocycles. The third-order valence-electron chi connectivity index (χ3n) is 4.14. The molecule has 0 aliphatic carbocycles. The summed E-state index contributed by atoms with van der Waals surface area (Å²) in [5.41, 5.74) is 4.29. The number of benzene rings is 3. The number of anilines is 1. The number of nitrogens with one attached hydrogen (secondary N) is 1. The molecular weight excluding hydrogens is 354 g/mol. The normalized spacial score (nSPS) is 10.4. The van der Waals surface area contributed by atoms with Crippen LogP contribution in [0.4, 0.5) is 5.69 Å². The highest BCUT2D eigenvalue weighted by Gasteiger charge is 2.08. The minimum absolute atomic E-state index is 0.108. The Hall–Kier alpha value is -2.85. The number of carbonyl (C=O) groups is 2. The van der Waals surface area contributed by atoms with Crippen LogP contribution in [-0.2, 0) is 0 Å². The van der Waals surface area contributed by atoms with Crippen molar-refractivity contribution in [1.82, 2.24) is 0 Å². The highest BCUT2D eigenvalue weighted by Crippen LogP contribution is 2.22. The minimum atomic E-state index is -0.131. The number of aryl methyl sites for hydroxylation is 2. The van der Waals surface area contributed by atoms with Crippen LogP contribution in [0, 0.1) is 13.8 Å². The zero-order valence-corrected chi connectivity index (χ0v) is 16.2. The largest absolute Gasteiger partial charge is 0.322 e. The van der Waals surface area contributed by atoms with Crippen LogP contribution in [0.2, 0.25) is 0 Å². The van der Waals surface area contributed by atoms with Gasteiger partial charge in [-0.1, -0.05) is 47.5 Å². The molecule has 0 saturated carbocycles. The summed E-state index contributed by atoms with van der Waals surface area (Å²) in [4.78, 5) is 25.5. The van der Waals surface area contributed by atoms with Crippen LogP contribution in [-0.4, -0.2) is 17.4 Å². The fourth-order valence-corrected chi connectivity index (χ4v) is 3.39. The molecule has 0 fully saturated rings. The summed E-state index contributed by atoms with van der Waals surface area (Å²) in [7, 11) is 0. The van der Waals surface area contributed by atoms with Crippen molar-refractivity contribution in [2.75, 3.05) is 11.1 Å². The van der Waals surface area contributed by atoms with E-state index < -0.39 is 0 Å². The number of ketones is 1. The molecule has 27 heavy (non-hydrogen) atoms. The number of carbonyl (C=O) groups excluding carboxylic acids is 2. The van der Waals surface area contributed by atoms with Gasteiger partial charge in [-0.15, -0.1) is 11.8 Å². The third-order valence-corrected chi connectivity index (χ3v) is 5.15. The van der Waals surface area contributed by atoms with E-state index in [0.29, 0.717) is 11.3 Å². The molecule has 0 unspecified atom stereocenters. The van der Waals surface area contributed by atoms with Gasteiger partial charge in [-0.2, -0.15) is 0 Å². The van der Waals surface area contributed by atoms with E-state index in [1.54, 1.807) is 6.07 Å². The molecular formula is C23H21NO2S. The van der Waals surface area contributed by atoms with Crippen molar-refractivity contribution in [3.63, 3.8) is 0 Å². The predicted octanol–water partition coefficient (Wildman–Crippen LogP) is 5.53. The predicted molar refractivity (Wildman–Crippen MR) is 112 cm³/mol. The van der Waals surface area contributed by atoms with Crippen molar-refractivity contribution < 1.29 is 9.59 Å². The minimum Gasteiger partial charge on any atom is -0.322 e. The van der Waals surface area contributed by atoms with Gasteiger partial charge in [0.05, 0.1) is 5.75 Å². The summed E-state index contributed by atoms with van der Waals surface area (Å²) >= 11 is 1.49. The first-order valence-corrected chi connectivity index (χ1v) is 9.70. The maximum absolute atomic E-state index is 12.3. The molecule has 0 radical (unpaired) electrons. The van der Waals surface area contributed by atoms with Gasteiger partial charge in [0.15, 0.2) is 5.78 Å². The topological polar surface area (TPSA) is 46.2 Å². The van der Waals surface area contributed by atoms with Crippen molar-refractivity contribution in [2.45, 2.75) is 18.7 Å². The Morgan fingerprint density at radius 2 is 1.52 bits per heavy atom. The first-order valence-electron chi connectivity index (χ1n) is 8.72. The molecule has 1 N–H and O–H groups in total. The average Bonchev–Trinajstić information content (AvgIpc) is 2.68. The van der Waals surface area contributed by atoms with Gasteiger partial charge in [-0.25, -0.2) is 0 Å². The fourth-order valence-electron chi connectivity index (χ4n) is 2.60. The Morgan fingerprint density at radius 1 is 0.815 bits per heavy atom. The lowest BCUT2D eigenvalue weighted by Gasteiger charge is -2.07. The van der Waals surface area contributed by atoms with E-state index in [1.165, 1.54) is 11.8 Å².